The lowest BCUT2D eigenvalue weighted by molar-refractivity contribution is -0.114. The second-order valence-corrected chi connectivity index (χ2v) is 4.85. The molecule has 0 heterocycles. The van der Waals surface area contributed by atoms with Gasteiger partial charge in [-0.1, -0.05) is 23.7 Å². The Balaban J connectivity index is 1.98. The van der Waals surface area contributed by atoms with Gasteiger partial charge in [0.1, 0.15) is 5.82 Å². The van der Waals surface area contributed by atoms with E-state index in [0.717, 1.165) is 6.07 Å². The number of para-hydroxylation sites is 1. The lowest BCUT2D eigenvalue weighted by Gasteiger charge is -2.10. The van der Waals surface area contributed by atoms with E-state index in [0.29, 0.717) is 16.9 Å². The fourth-order valence-corrected chi connectivity index (χ4v) is 1.99. The van der Waals surface area contributed by atoms with Gasteiger partial charge in [0.05, 0.1) is 17.1 Å². The highest BCUT2D eigenvalue weighted by molar-refractivity contribution is 6.31. The van der Waals surface area contributed by atoms with Gasteiger partial charge in [-0.05, 0) is 30.3 Å². The number of rotatable bonds is 5. The molecule has 0 aliphatic carbocycles. The third-order valence-corrected chi connectivity index (χ3v) is 3.12. The third-order valence-electron chi connectivity index (χ3n) is 2.84. The predicted molar refractivity (Wildman–Crippen MR) is 83.5 cm³/mol. The highest BCUT2D eigenvalue weighted by atomic mass is 35.5. The molecule has 0 saturated carbocycles. The Morgan fingerprint density at radius 1 is 1.18 bits per heavy atom. The molecule has 2 aromatic rings. The Hall–Kier alpha value is -2.60. The number of carbonyl (C=O) groups excluding carboxylic acids is 2. The molecule has 0 unspecified atom stereocenters. The smallest absolute Gasteiger partial charge is 0.250 e. The minimum Gasteiger partial charge on any atom is -0.376 e. The molecular weight excluding hydrogens is 309 g/mol. The normalized spacial score (nSPS) is 10.1. The van der Waals surface area contributed by atoms with E-state index in [1.807, 2.05) is 0 Å². The van der Waals surface area contributed by atoms with Crippen molar-refractivity contribution < 1.29 is 14.0 Å². The van der Waals surface area contributed by atoms with Gasteiger partial charge < -0.3 is 16.4 Å². The Labute approximate surface area is 131 Å². The van der Waals surface area contributed by atoms with Crippen molar-refractivity contribution in [3.8, 4) is 0 Å². The molecular formula is C15H13ClFN3O2. The molecule has 0 aromatic heterocycles. The van der Waals surface area contributed by atoms with Gasteiger partial charge in [0.2, 0.25) is 5.91 Å². The topological polar surface area (TPSA) is 84.2 Å². The maximum atomic E-state index is 13.0. The number of nitrogens with one attached hydrogen (secondary N) is 2. The van der Waals surface area contributed by atoms with Gasteiger partial charge in [0.25, 0.3) is 5.91 Å². The summed E-state index contributed by atoms with van der Waals surface area (Å²) < 4.78 is 13.0. The summed E-state index contributed by atoms with van der Waals surface area (Å²) in [5.74, 6) is -1.52. The number of halogens is 2. The second kappa shape index (κ2) is 6.91. The van der Waals surface area contributed by atoms with E-state index in [-0.39, 0.29) is 17.5 Å². The zero-order chi connectivity index (χ0) is 16.1. The van der Waals surface area contributed by atoms with Crippen LogP contribution in [0.4, 0.5) is 15.8 Å². The van der Waals surface area contributed by atoms with Crippen LogP contribution in [0.15, 0.2) is 42.5 Å². The van der Waals surface area contributed by atoms with E-state index in [9.17, 15) is 14.0 Å². The minimum atomic E-state index is -0.589. The van der Waals surface area contributed by atoms with Crippen LogP contribution < -0.4 is 16.4 Å². The van der Waals surface area contributed by atoms with Crippen molar-refractivity contribution in [3.63, 3.8) is 0 Å². The number of amides is 2. The maximum absolute atomic E-state index is 13.0. The minimum absolute atomic E-state index is 0.0789. The Bertz CT molecular complexity index is 722. The van der Waals surface area contributed by atoms with Gasteiger partial charge in [-0.25, -0.2) is 4.39 Å². The standard InChI is InChI=1S/C15H13ClFN3O2/c16-11-7-9(5-6-12(11)17)20-14(21)8-19-13-4-2-1-3-10(13)15(18)22/h1-7,19H,8H2,(H2,18,22)(H,20,21). The second-order valence-electron chi connectivity index (χ2n) is 4.44. The van der Waals surface area contributed by atoms with Gasteiger partial charge >= 0.3 is 0 Å². The Morgan fingerprint density at radius 2 is 1.91 bits per heavy atom. The molecule has 0 aliphatic rings. The lowest BCUT2D eigenvalue weighted by Crippen LogP contribution is -2.23. The van der Waals surface area contributed by atoms with Gasteiger partial charge in [-0.3, -0.25) is 9.59 Å². The molecule has 0 aliphatic heterocycles. The van der Waals surface area contributed by atoms with Gasteiger partial charge in [0.15, 0.2) is 0 Å². The predicted octanol–water partition coefficient (Wildman–Crippen LogP) is 2.63. The van der Waals surface area contributed by atoms with Crippen LogP contribution in [0.1, 0.15) is 10.4 Å². The average Bonchev–Trinajstić information content (AvgIpc) is 2.49. The molecule has 22 heavy (non-hydrogen) atoms. The largest absolute Gasteiger partial charge is 0.376 e. The van der Waals surface area contributed by atoms with Crippen LogP contribution in [-0.2, 0) is 4.79 Å². The van der Waals surface area contributed by atoms with Crippen molar-refractivity contribution >= 4 is 34.8 Å². The van der Waals surface area contributed by atoms with Gasteiger partial charge in [0, 0.05) is 11.4 Å². The van der Waals surface area contributed by atoms with Crippen LogP contribution >= 0.6 is 11.6 Å². The van der Waals surface area contributed by atoms with Crippen molar-refractivity contribution in [1.82, 2.24) is 0 Å². The van der Waals surface area contributed by atoms with Crippen LogP contribution in [0.2, 0.25) is 5.02 Å². The molecule has 7 heteroatoms. The van der Waals surface area contributed by atoms with Crippen LogP contribution in [0.3, 0.4) is 0 Å². The number of hydrogen-bond acceptors (Lipinski definition) is 3. The summed E-state index contributed by atoms with van der Waals surface area (Å²) in [6.45, 7) is -0.0840. The number of benzene rings is 2. The van der Waals surface area contributed by atoms with Crippen LogP contribution in [0.5, 0.6) is 0 Å². The van der Waals surface area contributed by atoms with E-state index in [2.05, 4.69) is 10.6 Å². The first-order chi connectivity index (χ1) is 10.5. The molecule has 114 valence electrons. The summed E-state index contributed by atoms with van der Waals surface area (Å²) in [6.07, 6.45) is 0. The van der Waals surface area contributed by atoms with Gasteiger partial charge in [-0.15, -0.1) is 0 Å². The van der Waals surface area contributed by atoms with E-state index < -0.39 is 11.7 Å². The SMILES string of the molecule is NC(=O)c1ccccc1NCC(=O)Nc1ccc(F)c(Cl)c1. The molecule has 2 rings (SSSR count). The third kappa shape index (κ3) is 3.95. The first kappa shape index (κ1) is 15.8. The number of anilines is 2. The first-order valence-corrected chi connectivity index (χ1v) is 6.73. The summed E-state index contributed by atoms with van der Waals surface area (Å²) in [5, 5.41) is 5.30. The number of hydrogen-bond donors (Lipinski definition) is 3. The molecule has 0 bridgehead atoms. The summed E-state index contributed by atoms with van der Waals surface area (Å²) in [5.41, 5.74) is 6.37. The maximum Gasteiger partial charge on any atom is 0.250 e. The van der Waals surface area contributed by atoms with Crippen molar-refractivity contribution in [2.24, 2.45) is 5.73 Å². The Kier molecular flexibility index (Phi) is 4.95. The van der Waals surface area contributed by atoms with Crippen molar-refractivity contribution in [3.05, 3.63) is 58.9 Å². The highest BCUT2D eigenvalue weighted by Crippen LogP contribution is 2.19. The summed E-state index contributed by atoms with van der Waals surface area (Å²) >= 11 is 5.63. The van der Waals surface area contributed by atoms with Crippen LogP contribution in [0.25, 0.3) is 0 Å². The van der Waals surface area contributed by atoms with Crippen molar-refractivity contribution in [1.29, 1.82) is 0 Å². The quantitative estimate of drug-likeness (QED) is 0.791. The van der Waals surface area contributed by atoms with Crippen molar-refractivity contribution in [2.45, 2.75) is 0 Å². The van der Waals surface area contributed by atoms with Crippen LogP contribution in [0, 0.1) is 5.82 Å². The average molecular weight is 322 g/mol. The highest BCUT2D eigenvalue weighted by Gasteiger charge is 2.09. The fourth-order valence-electron chi connectivity index (χ4n) is 1.81. The fraction of sp³-hybridized carbons (Fsp3) is 0.0667. The molecule has 2 amide bonds. The van der Waals surface area contributed by atoms with E-state index in [1.54, 1.807) is 24.3 Å². The van der Waals surface area contributed by atoms with E-state index >= 15 is 0 Å². The van der Waals surface area contributed by atoms with Gasteiger partial charge in [-0.2, -0.15) is 0 Å². The van der Waals surface area contributed by atoms with Crippen molar-refractivity contribution in [2.75, 3.05) is 17.2 Å². The van der Waals surface area contributed by atoms with Crippen LogP contribution in [-0.4, -0.2) is 18.4 Å². The lowest BCUT2D eigenvalue weighted by atomic mass is 10.1. The zero-order valence-corrected chi connectivity index (χ0v) is 12.2. The summed E-state index contributed by atoms with van der Waals surface area (Å²) in [4.78, 5) is 23.1. The number of carbonyl (C=O) groups is 2. The molecule has 0 fully saturated rings. The zero-order valence-electron chi connectivity index (χ0n) is 11.4. The van der Waals surface area contributed by atoms with E-state index in [1.165, 1.54) is 12.1 Å². The molecule has 0 spiro atoms. The first-order valence-electron chi connectivity index (χ1n) is 6.35. The molecule has 0 radical (unpaired) electrons. The van der Waals surface area contributed by atoms with E-state index in [4.69, 9.17) is 17.3 Å². The molecule has 0 saturated heterocycles. The Morgan fingerprint density at radius 3 is 2.59 bits per heavy atom. The molecule has 4 N–H and O–H groups in total. The monoisotopic (exact) mass is 321 g/mol. The summed E-state index contributed by atoms with van der Waals surface area (Å²) in [6, 6.07) is 10.5. The summed E-state index contributed by atoms with van der Waals surface area (Å²) in [7, 11) is 0. The number of nitrogens with two attached hydrogens (primary N) is 1. The molecule has 2 aromatic carbocycles. The molecule has 0 atom stereocenters. The number of primary amides is 1. The molecule has 5 nitrogen and oxygen atoms in total.